The molecule has 1 aromatic carbocycles. The van der Waals surface area contributed by atoms with Crippen LogP contribution >= 0.6 is 0 Å². The molecule has 0 aliphatic heterocycles. The molecule has 6 heteroatoms. The summed E-state index contributed by atoms with van der Waals surface area (Å²) < 4.78 is 4.72. The lowest BCUT2D eigenvalue weighted by Crippen LogP contribution is -2.17. The number of aromatic nitrogens is 2. The van der Waals surface area contributed by atoms with Gasteiger partial charge in [-0.3, -0.25) is 0 Å². The lowest BCUT2D eigenvalue weighted by atomic mass is 10.0. The van der Waals surface area contributed by atoms with Gasteiger partial charge in [0.25, 0.3) is 0 Å². The van der Waals surface area contributed by atoms with Gasteiger partial charge in [-0.05, 0) is 47.1 Å². The summed E-state index contributed by atoms with van der Waals surface area (Å²) in [6, 6.07) is 3.68. The van der Waals surface area contributed by atoms with Crippen LogP contribution < -0.4 is 11.1 Å². The molecule has 0 amide bonds. The Balaban J connectivity index is 1.79. The molecule has 6 nitrogen and oxygen atoms in total. The highest BCUT2D eigenvalue weighted by molar-refractivity contribution is 5.94. The second kappa shape index (κ2) is 4.13. The third-order valence-electron chi connectivity index (χ3n) is 3.70. The summed E-state index contributed by atoms with van der Waals surface area (Å²) in [5, 5.41) is 20.0. The SMILES string of the molecule is Nc1ccc(NCC2(CCO)CC2)c2nonc12. The molecular formula is C12H16N4O2. The normalized spacial score (nSPS) is 16.9. The summed E-state index contributed by atoms with van der Waals surface area (Å²) >= 11 is 0. The molecule has 1 saturated carbocycles. The van der Waals surface area contributed by atoms with Gasteiger partial charge in [0.2, 0.25) is 0 Å². The number of aliphatic hydroxyl groups excluding tert-OH is 1. The topological polar surface area (TPSA) is 97.2 Å². The molecule has 96 valence electrons. The van der Waals surface area contributed by atoms with Crippen LogP contribution in [-0.2, 0) is 0 Å². The lowest BCUT2D eigenvalue weighted by Gasteiger charge is -2.15. The standard InChI is InChI=1S/C12H16N4O2/c13-8-1-2-9(11-10(8)15-18-16-11)14-7-12(3-4-12)5-6-17/h1-2,14,17H,3-7,13H2. The predicted molar refractivity (Wildman–Crippen MR) is 68.1 cm³/mol. The molecule has 0 bridgehead atoms. The van der Waals surface area contributed by atoms with Crippen LogP contribution in [0.15, 0.2) is 16.8 Å². The van der Waals surface area contributed by atoms with E-state index < -0.39 is 0 Å². The highest BCUT2D eigenvalue weighted by Crippen LogP contribution is 2.48. The molecule has 1 aliphatic rings. The van der Waals surface area contributed by atoms with Gasteiger partial charge in [0, 0.05) is 13.2 Å². The second-order valence-electron chi connectivity index (χ2n) is 4.99. The second-order valence-corrected chi connectivity index (χ2v) is 4.99. The summed E-state index contributed by atoms with van der Waals surface area (Å²) in [5.41, 5.74) is 8.73. The van der Waals surface area contributed by atoms with Crippen molar-refractivity contribution in [1.82, 2.24) is 10.3 Å². The molecule has 0 radical (unpaired) electrons. The Morgan fingerprint density at radius 2 is 2.11 bits per heavy atom. The van der Waals surface area contributed by atoms with Crippen molar-refractivity contribution < 1.29 is 9.74 Å². The summed E-state index contributed by atoms with van der Waals surface area (Å²) in [5.74, 6) is 0. The summed E-state index contributed by atoms with van der Waals surface area (Å²) in [6.07, 6.45) is 3.17. The van der Waals surface area contributed by atoms with Crippen molar-refractivity contribution in [2.24, 2.45) is 5.41 Å². The minimum Gasteiger partial charge on any atom is -0.397 e. The number of aliphatic hydroxyl groups is 1. The first kappa shape index (κ1) is 11.3. The van der Waals surface area contributed by atoms with Crippen molar-refractivity contribution in [2.75, 3.05) is 24.2 Å². The summed E-state index contributed by atoms with van der Waals surface area (Å²) in [6.45, 7) is 1.07. The zero-order chi connectivity index (χ0) is 12.6. The van der Waals surface area contributed by atoms with E-state index in [1.54, 1.807) is 6.07 Å². The van der Waals surface area contributed by atoms with Gasteiger partial charge in [0.05, 0.1) is 11.4 Å². The average Bonchev–Trinajstić information content (AvgIpc) is 2.94. The highest BCUT2D eigenvalue weighted by atomic mass is 16.6. The fraction of sp³-hybridized carbons (Fsp3) is 0.500. The van der Waals surface area contributed by atoms with E-state index in [1.165, 1.54) is 0 Å². The van der Waals surface area contributed by atoms with Gasteiger partial charge >= 0.3 is 0 Å². The summed E-state index contributed by atoms with van der Waals surface area (Å²) in [4.78, 5) is 0. The number of hydrogen-bond acceptors (Lipinski definition) is 6. The molecule has 0 unspecified atom stereocenters. The summed E-state index contributed by atoms with van der Waals surface area (Å²) in [7, 11) is 0. The van der Waals surface area contributed by atoms with Crippen LogP contribution in [0.25, 0.3) is 11.0 Å². The minimum atomic E-state index is 0.240. The number of nitrogens with zero attached hydrogens (tertiary/aromatic N) is 2. The van der Waals surface area contributed by atoms with E-state index >= 15 is 0 Å². The number of anilines is 2. The van der Waals surface area contributed by atoms with Crippen molar-refractivity contribution in [1.29, 1.82) is 0 Å². The first-order valence-electron chi connectivity index (χ1n) is 6.10. The molecular weight excluding hydrogens is 232 g/mol. The van der Waals surface area contributed by atoms with E-state index in [2.05, 4.69) is 15.6 Å². The molecule has 3 rings (SSSR count). The Hall–Kier alpha value is -1.82. The van der Waals surface area contributed by atoms with E-state index in [-0.39, 0.29) is 12.0 Å². The largest absolute Gasteiger partial charge is 0.397 e. The van der Waals surface area contributed by atoms with Gasteiger partial charge in [-0.25, -0.2) is 4.63 Å². The molecule has 1 aliphatic carbocycles. The zero-order valence-electron chi connectivity index (χ0n) is 10.0. The number of fused-ring (bicyclic) bond motifs is 1. The molecule has 1 aromatic heterocycles. The Kier molecular flexibility index (Phi) is 2.59. The van der Waals surface area contributed by atoms with Gasteiger partial charge in [-0.2, -0.15) is 0 Å². The molecule has 0 atom stereocenters. The maximum Gasteiger partial charge on any atom is 0.160 e. The maximum atomic E-state index is 9.03. The molecule has 0 spiro atoms. The average molecular weight is 248 g/mol. The Labute approximate surface area is 104 Å². The van der Waals surface area contributed by atoms with Crippen LogP contribution in [0.2, 0.25) is 0 Å². The number of hydrogen-bond donors (Lipinski definition) is 3. The predicted octanol–water partition coefficient (Wildman–Crippen LogP) is 1.38. The number of benzene rings is 1. The first-order chi connectivity index (χ1) is 8.74. The molecule has 0 saturated heterocycles. The van der Waals surface area contributed by atoms with Gasteiger partial charge in [0.15, 0.2) is 11.0 Å². The first-order valence-corrected chi connectivity index (χ1v) is 6.10. The smallest absolute Gasteiger partial charge is 0.160 e. The quantitative estimate of drug-likeness (QED) is 0.691. The molecule has 1 fully saturated rings. The van der Waals surface area contributed by atoms with Crippen molar-refractivity contribution in [2.45, 2.75) is 19.3 Å². The van der Waals surface area contributed by atoms with Crippen LogP contribution in [0.3, 0.4) is 0 Å². The van der Waals surface area contributed by atoms with E-state index in [0.29, 0.717) is 16.7 Å². The van der Waals surface area contributed by atoms with E-state index in [1.807, 2.05) is 6.07 Å². The van der Waals surface area contributed by atoms with Gasteiger partial charge in [0.1, 0.15) is 0 Å². The van der Waals surface area contributed by atoms with E-state index in [0.717, 1.165) is 31.5 Å². The van der Waals surface area contributed by atoms with Crippen molar-refractivity contribution in [3.63, 3.8) is 0 Å². The Morgan fingerprint density at radius 1 is 1.33 bits per heavy atom. The number of nitrogen functional groups attached to an aromatic ring is 1. The third-order valence-corrected chi connectivity index (χ3v) is 3.70. The molecule has 4 N–H and O–H groups in total. The van der Waals surface area contributed by atoms with Crippen LogP contribution in [0.4, 0.5) is 11.4 Å². The third kappa shape index (κ3) is 1.88. The number of nitrogens with one attached hydrogen (secondary N) is 1. The van der Waals surface area contributed by atoms with Crippen LogP contribution in [0.1, 0.15) is 19.3 Å². The maximum absolute atomic E-state index is 9.03. The highest BCUT2D eigenvalue weighted by Gasteiger charge is 2.41. The zero-order valence-corrected chi connectivity index (χ0v) is 10.0. The van der Waals surface area contributed by atoms with Crippen LogP contribution in [0.5, 0.6) is 0 Å². The fourth-order valence-electron chi connectivity index (χ4n) is 2.24. The minimum absolute atomic E-state index is 0.240. The monoisotopic (exact) mass is 248 g/mol. The van der Waals surface area contributed by atoms with Gasteiger partial charge in [-0.1, -0.05) is 0 Å². The number of nitrogens with two attached hydrogens (primary N) is 1. The lowest BCUT2D eigenvalue weighted by molar-refractivity contribution is 0.253. The van der Waals surface area contributed by atoms with Crippen LogP contribution in [0, 0.1) is 5.41 Å². The molecule has 2 aromatic rings. The molecule has 1 heterocycles. The van der Waals surface area contributed by atoms with E-state index in [9.17, 15) is 0 Å². The van der Waals surface area contributed by atoms with Crippen LogP contribution in [-0.4, -0.2) is 28.6 Å². The molecule has 18 heavy (non-hydrogen) atoms. The van der Waals surface area contributed by atoms with Crippen molar-refractivity contribution >= 4 is 22.4 Å². The fourth-order valence-corrected chi connectivity index (χ4v) is 2.24. The van der Waals surface area contributed by atoms with Crippen molar-refractivity contribution in [3.8, 4) is 0 Å². The van der Waals surface area contributed by atoms with Crippen molar-refractivity contribution in [3.05, 3.63) is 12.1 Å². The number of rotatable bonds is 5. The Bertz CT molecular complexity index is 562. The van der Waals surface area contributed by atoms with Gasteiger partial charge < -0.3 is 16.2 Å². The Morgan fingerprint density at radius 3 is 2.83 bits per heavy atom. The van der Waals surface area contributed by atoms with E-state index in [4.69, 9.17) is 15.5 Å². The van der Waals surface area contributed by atoms with Gasteiger partial charge in [-0.15, -0.1) is 0 Å².